The second kappa shape index (κ2) is 7.17. The van der Waals surface area contributed by atoms with Crippen molar-refractivity contribution in [2.75, 3.05) is 33.4 Å². The number of methoxy groups -OCH3 is 1. The maximum absolute atomic E-state index is 12.9. The van der Waals surface area contributed by atoms with Crippen molar-refractivity contribution < 1.29 is 9.13 Å². The molecule has 1 aliphatic rings. The fraction of sp³-hybridized carbons (Fsp3) is 0.467. The van der Waals surface area contributed by atoms with E-state index < -0.39 is 0 Å². The molecule has 0 unspecified atom stereocenters. The molecule has 104 valence electrons. The van der Waals surface area contributed by atoms with Gasteiger partial charge < -0.3 is 9.64 Å². The third-order valence-electron chi connectivity index (χ3n) is 3.48. The second-order valence-corrected chi connectivity index (χ2v) is 5.55. The molecule has 0 atom stereocenters. The van der Waals surface area contributed by atoms with Gasteiger partial charge in [-0.1, -0.05) is 33.6 Å². The first-order valence-corrected chi connectivity index (χ1v) is 7.35. The zero-order chi connectivity index (χ0) is 13.7. The molecule has 1 aliphatic heterocycles. The van der Waals surface area contributed by atoms with Gasteiger partial charge in [-0.15, -0.1) is 0 Å². The lowest BCUT2D eigenvalue weighted by atomic mass is 10.0. The van der Waals surface area contributed by atoms with Crippen LogP contribution in [0.3, 0.4) is 0 Å². The molecule has 0 N–H and O–H groups in total. The van der Waals surface area contributed by atoms with Gasteiger partial charge in [-0.2, -0.15) is 0 Å². The molecule has 2 rings (SSSR count). The number of piperidine rings is 1. The summed E-state index contributed by atoms with van der Waals surface area (Å²) < 4.78 is 19.1. The van der Waals surface area contributed by atoms with E-state index in [9.17, 15) is 4.39 Å². The van der Waals surface area contributed by atoms with Crippen LogP contribution < -0.4 is 0 Å². The summed E-state index contributed by atoms with van der Waals surface area (Å²) in [5.41, 5.74) is 2.47. The Labute approximate surface area is 122 Å². The number of rotatable bonds is 4. The van der Waals surface area contributed by atoms with Crippen LogP contribution >= 0.6 is 15.9 Å². The SMILES string of the molecule is COCCN1CCC(=C(Br)c2ccc(F)cc2)CC1. The van der Waals surface area contributed by atoms with Crippen LogP contribution in [0.25, 0.3) is 4.48 Å². The fourth-order valence-electron chi connectivity index (χ4n) is 2.29. The number of likely N-dealkylation sites (tertiary alicyclic amines) is 1. The van der Waals surface area contributed by atoms with Crippen LogP contribution in [0.2, 0.25) is 0 Å². The molecule has 0 amide bonds. The van der Waals surface area contributed by atoms with Gasteiger partial charge in [0.05, 0.1) is 6.61 Å². The number of hydrogen-bond acceptors (Lipinski definition) is 2. The minimum atomic E-state index is -0.191. The Morgan fingerprint density at radius 2 is 1.89 bits per heavy atom. The normalized spacial score (nSPS) is 16.7. The van der Waals surface area contributed by atoms with Crippen molar-refractivity contribution in [3.8, 4) is 0 Å². The van der Waals surface area contributed by atoms with E-state index in [1.807, 2.05) is 12.1 Å². The van der Waals surface area contributed by atoms with E-state index in [1.165, 1.54) is 17.7 Å². The minimum absolute atomic E-state index is 0.191. The van der Waals surface area contributed by atoms with E-state index >= 15 is 0 Å². The van der Waals surface area contributed by atoms with Crippen LogP contribution in [0, 0.1) is 5.82 Å². The summed E-state index contributed by atoms with van der Waals surface area (Å²) in [5, 5.41) is 0. The zero-order valence-corrected chi connectivity index (χ0v) is 12.7. The summed E-state index contributed by atoms with van der Waals surface area (Å²) in [6, 6.07) is 6.66. The van der Waals surface area contributed by atoms with Crippen molar-refractivity contribution in [2.45, 2.75) is 12.8 Å². The summed E-state index contributed by atoms with van der Waals surface area (Å²) in [4.78, 5) is 2.41. The molecule has 0 aliphatic carbocycles. The van der Waals surface area contributed by atoms with Gasteiger partial charge in [0.25, 0.3) is 0 Å². The lowest BCUT2D eigenvalue weighted by Crippen LogP contribution is -2.33. The Morgan fingerprint density at radius 1 is 1.26 bits per heavy atom. The molecule has 1 saturated heterocycles. The predicted molar refractivity (Wildman–Crippen MR) is 79.8 cm³/mol. The van der Waals surface area contributed by atoms with Gasteiger partial charge >= 0.3 is 0 Å². The van der Waals surface area contributed by atoms with Crippen molar-refractivity contribution >= 4 is 20.4 Å². The first-order valence-electron chi connectivity index (χ1n) is 6.55. The lowest BCUT2D eigenvalue weighted by Gasteiger charge is -2.28. The lowest BCUT2D eigenvalue weighted by molar-refractivity contribution is 0.143. The summed E-state index contributed by atoms with van der Waals surface area (Å²) >= 11 is 3.66. The maximum Gasteiger partial charge on any atom is 0.123 e. The highest BCUT2D eigenvalue weighted by Crippen LogP contribution is 2.31. The van der Waals surface area contributed by atoms with Crippen LogP contribution in [0.4, 0.5) is 4.39 Å². The van der Waals surface area contributed by atoms with Gasteiger partial charge in [0.2, 0.25) is 0 Å². The van der Waals surface area contributed by atoms with Crippen molar-refractivity contribution in [1.82, 2.24) is 4.90 Å². The number of ether oxygens (including phenoxy) is 1. The maximum atomic E-state index is 12.9. The monoisotopic (exact) mass is 327 g/mol. The van der Waals surface area contributed by atoms with E-state index in [0.717, 1.165) is 49.1 Å². The van der Waals surface area contributed by atoms with Gasteiger partial charge in [-0.3, -0.25) is 0 Å². The molecular weight excluding hydrogens is 309 g/mol. The summed E-state index contributed by atoms with van der Waals surface area (Å²) in [5.74, 6) is -0.191. The second-order valence-electron chi connectivity index (χ2n) is 4.76. The fourth-order valence-corrected chi connectivity index (χ4v) is 2.95. The Kier molecular flexibility index (Phi) is 5.55. The standard InChI is InChI=1S/C15H19BrFNO/c1-19-11-10-18-8-6-13(7-9-18)15(16)12-2-4-14(17)5-3-12/h2-5H,6-11H2,1H3. The Balaban J connectivity index is 1.98. The van der Waals surface area contributed by atoms with Crippen molar-refractivity contribution in [3.63, 3.8) is 0 Å². The molecule has 2 nitrogen and oxygen atoms in total. The van der Waals surface area contributed by atoms with E-state index in [-0.39, 0.29) is 5.82 Å². The average Bonchev–Trinajstić information content (AvgIpc) is 2.46. The summed E-state index contributed by atoms with van der Waals surface area (Å²) in [6.45, 7) is 3.92. The first-order chi connectivity index (χ1) is 9.20. The largest absolute Gasteiger partial charge is 0.383 e. The molecule has 0 bridgehead atoms. The Morgan fingerprint density at radius 3 is 2.47 bits per heavy atom. The topological polar surface area (TPSA) is 12.5 Å². The van der Waals surface area contributed by atoms with E-state index in [2.05, 4.69) is 20.8 Å². The highest BCUT2D eigenvalue weighted by atomic mass is 79.9. The van der Waals surface area contributed by atoms with Gasteiger partial charge in [0.1, 0.15) is 5.82 Å². The van der Waals surface area contributed by atoms with Crippen LogP contribution in [-0.4, -0.2) is 38.3 Å². The molecule has 0 aromatic heterocycles. The molecule has 0 radical (unpaired) electrons. The number of halogens is 2. The molecule has 1 aromatic rings. The summed E-state index contributed by atoms with van der Waals surface area (Å²) in [6.07, 6.45) is 2.11. The van der Waals surface area contributed by atoms with Gasteiger partial charge in [0, 0.05) is 31.2 Å². The van der Waals surface area contributed by atoms with Crippen LogP contribution in [0.5, 0.6) is 0 Å². The first kappa shape index (κ1) is 14.7. The predicted octanol–water partition coefficient (Wildman–Crippen LogP) is 3.67. The minimum Gasteiger partial charge on any atom is -0.383 e. The number of hydrogen-bond donors (Lipinski definition) is 0. The molecule has 1 heterocycles. The van der Waals surface area contributed by atoms with Crippen molar-refractivity contribution in [2.24, 2.45) is 0 Å². The smallest absolute Gasteiger partial charge is 0.123 e. The van der Waals surface area contributed by atoms with Gasteiger partial charge in [-0.25, -0.2) is 4.39 Å². The van der Waals surface area contributed by atoms with E-state index in [0.29, 0.717) is 0 Å². The number of benzene rings is 1. The molecule has 1 aromatic carbocycles. The zero-order valence-electron chi connectivity index (χ0n) is 11.2. The average molecular weight is 328 g/mol. The molecule has 4 heteroatoms. The molecule has 19 heavy (non-hydrogen) atoms. The molecule has 1 fully saturated rings. The Bertz CT molecular complexity index is 434. The third-order valence-corrected chi connectivity index (χ3v) is 4.50. The Hall–Kier alpha value is -0.710. The highest BCUT2D eigenvalue weighted by molar-refractivity contribution is 9.15. The van der Waals surface area contributed by atoms with E-state index in [1.54, 1.807) is 7.11 Å². The highest BCUT2D eigenvalue weighted by Gasteiger charge is 2.16. The summed E-state index contributed by atoms with van der Waals surface area (Å²) in [7, 11) is 1.74. The third kappa shape index (κ3) is 4.13. The van der Waals surface area contributed by atoms with E-state index in [4.69, 9.17) is 4.74 Å². The van der Waals surface area contributed by atoms with Gasteiger partial charge in [-0.05, 0) is 30.5 Å². The molecular formula is C15H19BrFNO. The van der Waals surface area contributed by atoms with Gasteiger partial charge in [0.15, 0.2) is 0 Å². The van der Waals surface area contributed by atoms with Crippen LogP contribution in [0.15, 0.2) is 29.8 Å². The number of nitrogens with zero attached hydrogens (tertiary/aromatic N) is 1. The van der Waals surface area contributed by atoms with Crippen LogP contribution in [0.1, 0.15) is 18.4 Å². The molecule has 0 saturated carbocycles. The quantitative estimate of drug-likeness (QED) is 0.836. The van der Waals surface area contributed by atoms with Crippen molar-refractivity contribution in [3.05, 3.63) is 41.2 Å². The van der Waals surface area contributed by atoms with Crippen LogP contribution in [-0.2, 0) is 4.74 Å². The molecule has 0 spiro atoms. The van der Waals surface area contributed by atoms with Crippen molar-refractivity contribution in [1.29, 1.82) is 0 Å².